The van der Waals surface area contributed by atoms with Gasteiger partial charge in [0.25, 0.3) is 0 Å². The van der Waals surface area contributed by atoms with Crippen molar-refractivity contribution in [3.63, 3.8) is 0 Å². The largest absolute Gasteiger partial charge is 0.496 e. The highest BCUT2D eigenvalue weighted by atomic mass is 127. The first-order valence-electron chi connectivity index (χ1n) is 3.61. The molecule has 0 heterocycles. The molecule has 0 unspecified atom stereocenters. The van der Waals surface area contributed by atoms with Crippen molar-refractivity contribution in [1.29, 1.82) is 0 Å². The third-order valence-corrected chi connectivity index (χ3v) is 4.15. The summed E-state index contributed by atoms with van der Waals surface area (Å²) in [4.78, 5) is 11.3. The van der Waals surface area contributed by atoms with Crippen LogP contribution in [0.5, 0.6) is 5.75 Å². The van der Waals surface area contributed by atoms with E-state index in [2.05, 4.69) is 38.5 Å². The average molecular weight is 355 g/mol. The van der Waals surface area contributed by atoms with E-state index in [1.807, 2.05) is 6.07 Å². The van der Waals surface area contributed by atoms with Crippen LogP contribution in [0.1, 0.15) is 17.3 Å². The van der Waals surface area contributed by atoms with Crippen molar-refractivity contribution in [1.82, 2.24) is 0 Å². The van der Waals surface area contributed by atoms with Crippen LogP contribution in [0.15, 0.2) is 16.6 Å². The van der Waals surface area contributed by atoms with Gasteiger partial charge in [0, 0.05) is 8.04 Å². The van der Waals surface area contributed by atoms with Gasteiger partial charge in [0.05, 0.1) is 12.7 Å². The SMILES string of the molecule is COc1ccc(Br)c(I)c1C(C)=O. The summed E-state index contributed by atoms with van der Waals surface area (Å²) in [5.74, 6) is 0.641. The monoisotopic (exact) mass is 354 g/mol. The van der Waals surface area contributed by atoms with Crippen LogP contribution in [0.25, 0.3) is 0 Å². The Balaban J connectivity index is 3.41. The highest BCUT2D eigenvalue weighted by Gasteiger charge is 2.14. The minimum Gasteiger partial charge on any atom is -0.496 e. The van der Waals surface area contributed by atoms with Gasteiger partial charge in [-0.05, 0) is 57.6 Å². The maximum absolute atomic E-state index is 11.3. The number of carbonyl (C=O) groups excluding carboxylic acids is 1. The number of hydrogen-bond acceptors (Lipinski definition) is 2. The molecule has 0 aromatic heterocycles. The Labute approximate surface area is 98.9 Å². The molecule has 0 saturated heterocycles. The molecule has 2 nitrogen and oxygen atoms in total. The second-order valence-electron chi connectivity index (χ2n) is 2.49. The molecule has 0 N–H and O–H groups in total. The number of carbonyl (C=O) groups is 1. The van der Waals surface area contributed by atoms with E-state index < -0.39 is 0 Å². The number of benzene rings is 1. The Morgan fingerprint density at radius 2 is 2.15 bits per heavy atom. The van der Waals surface area contributed by atoms with Gasteiger partial charge in [-0.2, -0.15) is 0 Å². The third-order valence-electron chi connectivity index (χ3n) is 1.63. The third kappa shape index (κ3) is 2.22. The van der Waals surface area contributed by atoms with E-state index in [0.29, 0.717) is 11.3 Å². The minimum atomic E-state index is 0.0163. The van der Waals surface area contributed by atoms with Crippen LogP contribution >= 0.6 is 38.5 Å². The summed E-state index contributed by atoms with van der Waals surface area (Å²) >= 11 is 5.48. The van der Waals surface area contributed by atoms with E-state index >= 15 is 0 Å². The van der Waals surface area contributed by atoms with E-state index in [9.17, 15) is 4.79 Å². The highest BCUT2D eigenvalue weighted by molar-refractivity contribution is 14.1. The summed E-state index contributed by atoms with van der Waals surface area (Å²) in [5, 5.41) is 0. The summed E-state index contributed by atoms with van der Waals surface area (Å²) < 4.78 is 6.90. The second-order valence-corrected chi connectivity index (χ2v) is 4.43. The van der Waals surface area contributed by atoms with Gasteiger partial charge in [-0.3, -0.25) is 4.79 Å². The second kappa shape index (κ2) is 4.41. The first kappa shape index (κ1) is 11.0. The molecule has 0 fully saturated rings. The lowest BCUT2D eigenvalue weighted by atomic mass is 10.1. The molecule has 1 rings (SSSR count). The molecular weight excluding hydrogens is 347 g/mol. The van der Waals surface area contributed by atoms with Gasteiger partial charge in [-0.1, -0.05) is 0 Å². The fourth-order valence-electron chi connectivity index (χ4n) is 1.03. The van der Waals surface area contributed by atoms with Crippen molar-refractivity contribution in [3.8, 4) is 5.75 Å². The molecule has 0 amide bonds. The topological polar surface area (TPSA) is 26.3 Å². The van der Waals surface area contributed by atoms with Gasteiger partial charge in [0.1, 0.15) is 5.75 Å². The van der Waals surface area contributed by atoms with Crippen LogP contribution in [-0.2, 0) is 0 Å². The van der Waals surface area contributed by atoms with E-state index in [4.69, 9.17) is 4.74 Å². The lowest BCUT2D eigenvalue weighted by Gasteiger charge is -2.08. The number of ketones is 1. The normalized spacial score (nSPS) is 9.85. The first-order chi connectivity index (χ1) is 6.07. The van der Waals surface area contributed by atoms with Crippen LogP contribution in [0, 0.1) is 3.57 Å². The molecule has 0 atom stereocenters. The molecule has 0 saturated carbocycles. The molecule has 0 spiro atoms. The molecule has 4 heteroatoms. The standard InChI is InChI=1S/C9H8BrIO2/c1-5(12)8-7(13-2)4-3-6(10)9(8)11/h3-4H,1-2H3. The van der Waals surface area contributed by atoms with Crippen molar-refractivity contribution >= 4 is 44.3 Å². The van der Waals surface area contributed by atoms with Gasteiger partial charge in [0.15, 0.2) is 5.78 Å². The fraction of sp³-hybridized carbons (Fsp3) is 0.222. The van der Waals surface area contributed by atoms with Crippen molar-refractivity contribution in [2.45, 2.75) is 6.92 Å². The van der Waals surface area contributed by atoms with Crippen LogP contribution in [0.3, 0.4) is 0 Å². The van der Waals surface area contributed by atoms with Crippen molar-refractivity contribution in [3.05, 3.63) is 25.7 Å². The number of rotatable bonds is 2. The van der Waals surface area contributed by atoms with E-state index in [-0.39, 0.29) is 5.78 Å². The first-order valence-corrected chi connectivity index (χ1v) is 5.48. The van der Waals surface area contributed by atoms with E-state index in [1.165, 1.54) is 6.92 Å². The molecule has 1 aromatic rings. The van der Waals surface area contributed by atoms with Gasteiger partial charge >= 0.3 is 0 Å². The van der Waals surface area contributed by atoms with Gasteiger partial charge in [-0.25, -0.2) is 0 Å². The predicted molar refractivity (Wildman–Crippen MR) is 63.4 cm³/mol. The van der Waals surface area contributed by atoms with Crippen molar-refractivity contribution in [2.24, 2.45) is 0 Å². The molecule has 0 aliphatic carbocycles. The summed E-state index contributed by atoms with van der Waals surface area (Å²) in [6.07, 6.45) is 0. The minimum absolute atomic E-state index is 0.0163. The Hall–Kier alpha value is -0.100. The molecular formula is C9H8BrIO2. The Morgan fingerprint density at radius 3 is 2.62 bits per heavy atom. The van der Waals surface area contributed by atoms with Crippen molar-refractivity contribution in [2.75, 3.05) is 7.11 Å². The number of halogens is 2. The van der Waals surface area contributed by atoms with Gasteiger partial charge in [0.2, 0.25) is 0 Å². The van der Waals surface area contributed by atoms with Crippen molar-refractivity contribution < 1.29 is 9.53 Å². The van der Waals surface area contributed by atoms with Crippen LogP contribution in [0.2, 0.25) is 0 Å². The molecule has 1 aromatic carbocycles. The number of ether oxygens (including phenoxy) is 1. The van der Waals surface area contributed by atoms with Gasteiger partial charge in [-0.15, -0.1) is 0 Å². The fourth-order valence-corrected chi connectivity index (χ4v) is 2.19. The average Bonchev–Trinajstić information content (AvgIpc) is 2.08. The predicted octanol–water partition coefficient (Wildman–Crippen LogP) is 3.26. The zero-order chi connectivity index (χ0) is 10.0. The lowest BCUT2D eigenvalue weighted by molar-refractivity contribution is 0.101. The maximum Gasteiger partial charge on any atom is 0.164 e. The molecule has 0 bridgehead atoms. The summed E-state index contributed by atoms with van der Waals surface area (Å²) in [5.41, 5.74) is 0.637. The molecule has 0 aliphatic rings. The number of hydrogen-bond donors (Lipinski definition) is 0. The summed E-state index contributed by atoms with van der Waals surface area (Å²) in [6, 6.07) is 3.65. The maximum atomic E-state index is 11.3. The van der Waals surface area contributed by atoms with E-state index in [0.717, 1.165) is 8.04 Å². The Bertz CT molecular complexity index is 350. The Kier molecular flexibility index (Phi) is 3.73. The molecule has 13 heavy (non-hydrogen) atoms. The number of methoxy groups -OCH3 is 1. The quantitative estimate of drug-likeness (QED) is 0.602. The lowest BCUT2D eigenvalue weighted by Crippen LogP contribution is -2.01. The molecule has 0 aliphatic heterocycles. The number of Topliss-reactive ketones (excluding diaryl/α,β-unsaturated/α-hetero) is 1. The van der Waals surface area contributed by atoms with Gasteiger partial charge < -0.3 is 4.74 Å². The van der Waals surface area contributed by atoms with Crippen LogP contribution in [0.4, 0.5) is 0 Å². The zero-order valence-electron chi connectivity index (χ0n) is 7.23. The summed E-state index contributed by atoms with van der Waals surface area (Å²) in [7, 11) is 1.56. The zero-order valence-corrected chi connectivity index (χ0v) is 11.0. The molecule has 0 radical (unpaired) electrons. The highest BCUT2D eigenvalue weighted by Crippen LogP contribution is 2.30. The summed E-state index contributed by atoms with van der Waals surface area (Å²) in [6.45, 7) is 1.53. The van der Waals surface area contributed by atoms with E-state index in [1.54, 1.807) is 13.2 Å². The van der Waals surface area contributed by atoms with Crippen LogP contribution < -0.4 is 4.74 Å². The molecule has 70 valence electrons. The van der Waals surface area contributed by atoms with Crippen LogP contribution in [-0.4, -0.2) is 12.9 Å². The Morgan fingerprint density at radius 1 is 1.54 bits per heavy atom. The smallest absolute Gasteiger partial charge is 0.164 e.